The van der Waals surface area contributed by atoms with Crippen molar-refractivity contribution in [2.24, 2.45) is 0 Å². The molecule has 1 aliphatic rings. The second-order valence-corrected chi connectivity index (χ2v) is 3.76. The summed E-state index contributed by atoms with van der Waals surface area (Å²) in [6, 6.07) is 0. The molecule has 0 radical (unpaired) electrons. The summed E-state index contributed by atoms with van der Waals surface area (Å²) in [6.45, 7) is 0.623. The van der Waals surface area contributed by atoms with E-state index in [0.29, 0.717) is 6.54 Å². The van der Waals surface area contributed by atoms with Crippen LogP contribution in [0.5, 0.6) is 0 Å². The van der Waals surface area contributed by atoms with Gasteiger partial charge in [-0.25, -0.2) is 0 Å². The normalized spacial score (nSPS) is 18.1. The first-order valence-electron chi connectivity index (χ1n) is 4.15. The number of hydrogen-bond donors (Lipinski definition) is 0. The number of nitrogens with zero attached hydrogens (tertiary/aromatic N) is 1. The zero-order valence-electron chi connectivity index (χ0n) is 7.62. The largest absolute Gasteiger partial charge is 0.362 e. The van der Waals surface area contributed by atoms with Gasteiger partial charge in [-0.3, -0.25) is 14.5 Å². The van der Waals surface area contributed by atoms with E-state index in [-0.39, 0.29) is 25.0 Å². The maximum atomic E-state index is 11.2. The summed E-state index contributed by atoms with van der Waals surface area (Å²) in [7, 11) is 0. The van der Waals surface area contributed by atoms with Gasteiger partial charge in [0.15, 0.2) is 0 Å². The maximum Gasteiger partial charge on any atom is 0.255 e. The maximum absolute atomic E-state index is 11.2. The number of carbonyl (C=O) groups excluding carboxylic acids is 2. The molecule has 0 aromatic heterocycles. The van der Waals surface area contributed by atoms with E-state index in [9.17, 15) is 9.59 Å². The molecule has 0 bridgehead atoms. The second-order valence-electron chi connectivity index (χ2n) is 2.78. The lowest BCUT2D eigenvalue weighted by molar-refractivity contribution is -0.158. The van der Waals surface area contributed by atoms with Crippen LogP contribution in [-0.4, -0.2) is 48.5 Å². The summed E-state index contributed by atoms with van der Waals surface area (Å²) in [5.41, 5.74) is 0. The van der Waals surface area contributed by atoms with Crippen LogP contribution >= 0.6 is 11.8 Å². The van der Waals surface area contributed by atoms with Crippen molar-refractivity contribution in [1.82, 2.24) is 4.90 Å². The molecular weight excluding hydrogens is 190 g/mol. The average Bonchev–Trinajstić information content (AvgIpc) is 2.10. The number of imide groups is 1. The van der Waals surface area contributed by atoms with Crippen molar-refractivity contribution in [2.45, 2.75) is 6.42 Å². The summed E-state index contributed by atoms with van der Waals surface area (Å²) in [6.07, 6.45) is 2.86. The molecule has 1 fully saturated rings. The molecule has 0 atom stereocenters. The van der Waals surface area contributed by atoms with Crippen LogP contribution in [0.4, 0.5) is 0 Å². The van der Waals surface area contributed by atoms with E-state index in [1.165, 1.54) is 4.90 Å². The van der Waals surface area contributed by atoms with Gasteiger partial charge in [0.25, 0.3) is 11.8 Å². The Morgan fingerprint density at radius 3 is 2.54 bits per heavy atom. The van der Waals surface area contributed by atoms with Crippen LogP contribution in [0.15, 0.2) is 0 Å². The van der Waals surface area contributed by atoms with E-state index in [0.717, 1.165) is 12.2 Å². The van der Waals surface area contributed by atoms with Crippen molar-refractivity contribution >= 4 is 23.6 Å². The van der Waals surface area contributed by atoms with E-state index in [1.807, 2.05) is 6.26 Å². The Balaban J connectivity index is 2.35. The minimum Gasteiger partial charge on any atom is -0.362 e. The smallest absolute Gasteiger partial charge is 0.255 e. The molecule has 0 saturated carbocycles. The van der Waals surface area contributed by atoms with E-state index in [1.54, 1.807) is 11.8 Å². The molecule has 1 saturated heterocycles. The van der Waals surface area contributed by atoms with E-state index < -0.39 is 0 Å². The number of amides is 2. The lowest BCUT2D eigenvalue weighted by Gasteiger charge is -2.24. The quantitative estimate of drug-likeness (QED) is 0.481. The molecule has 1 aliphatic heterocycles. The van der Waals surface area contributed by atoms with E-state index in [2.05, 4.69) is 0 Å². The fourth-order valence-corrected chi connectivity index (χ4v) is 1.55. The Morgan fingerprint density at radius 1 is 1.38 bits per heavy atom. The summed E-state index contributed by atoms with van der Waals surface area (Å²) in [5.74, 6) is 0.549. The Morgan fingerprint density at radius 2 is 2.00 bits per heavy atom. The molecule has 4 nitrogen and oxygen atoms in total. The number of hydrogen-bond acceptors (Lipinski definition) is 4. The minimum absolute atomic E-state index is 0.0466. The minimum atomic E-state index is -0.211. The summed E-state index contributed by atoms with van der Waals surface area (Å²) < 4.78 is 4.78. The van der Waals surface area contributed by atoms with Gasteiger partial charge in [0.2, 0.25) is 0 Å². The third-order valence-corrected chi connectivity index (χ3v) is 2.48. The van der Waals surface area contributed by atoms with E-state index >= 15 is 0 Å². The number of morpholine rings is 1. The summed E-state index contributed by atoms with van der Waals surface area (Å²) in [4.78, 5) is 23.6. The van der Waals surface area contributed by atoms with Crippen LogP contribution in [-0.2, 0) is 14.3 Å². The summed E-state index contributed by atoms with van der Waals surface area (Å²) in [5, 5.41) is 0. The van der Waals surface area contributed by atoms with Gasteiger partial charge >= 0.3 is 0 Å². The molecule has 0 unspecified atom stereocenters. The number of ether oxygens (including phenoxy) is 1. The van der Waals surface area contributed by atoms with Crippen molar-refractivity contribution in [2.75, 3.05) is 31.8 Å². The van der Waals surface area contributed by atoms with Crippen molar-refractivity contribution < 1.29 is 14.3 Å². The molecular formula is C8H13NO3S. The molecule has 0 aliphatic carbocycles. The molecule has 1 rings (SSSR count). The average molecular weight is 203 g/mol. The highest BCUT2D eigenvalue weighted by Crippen LogP contribution is 2.04. The van der Waals surface area contributed by atoms with Gasteiger partial charge in [0.1, 0.15) is 13.2 Å². The molecule has 74 valence electrons. The SMILES string of the molecule is CSCCCN1C(=O)COCC1=O. The molecule has 0 aromatic carbocycles. The predicted molar refractivity (Wildman–Crippen MR) is 50.5 cm³/mol. The van der Waals surface area contributed by atoms with Crippen LogP contribution in [0.2, 0.25) is 0 Å². The highest BCUT2D eigenvalue weighted by Gasteiger charge is 2.25. The van der Waals surface area contributed by atoms with Crippen LogP contribution in [0, 0.1) is 0 Å². The number of carbonyl (C=O) groups is 2. The lowest BCUT2D eigenvalue weighted by atomic mass is 10.3. The lowest BCUT2D eigenvalue weighted by Crippen LogP contribution is -2.46. The zero-order valence-corrected chi connectivity index (χ0v) is 8.43. The molecule has 1 heterocycles. The van der Waals surface area contributed by atoms with Crippen molar-refractivity contribution in [3.8, 4) is 0 Å². The molecule has 0 aromatic rings. The van der Waals surface area contributed by atoms with E-state index in [4.69, 9.17) is 4.74 Å². The van der Waals surface area contributed by atoms with Crippen molar-refractivity contribution in [3.63, 3.8) is 0 Å². The van der Waals surface area contributed by atoms with Gasteiger partial charge in [-0.15, -0.1) is 0 Å². The number of rotatable bonds is 4. The summed E-state index contributed by atoms with van der Waals surface area (Å²) >= 11 is 1.71. The van der Waals surface area contributed by atoms with Crippen molar-refractivity contribution in [1.29, 1.82) is 0 Å². The number of thioether (sulfide) groups is 1. The second kappa shape index (κ2) is 5.24. The van der Waals surface area contributed by atoms with Crippen LogP contribution in [0.25, 0.3) is 0 Å². The Hall–Kier alpha value is -0.550. The highest BCUT2D eigenvalue weighted by atomic mass is 32.2. The molecule has 5 heteroatoms. The van der Waals surface area contributed by atoms with Crippen LogP contribution < -0.4 is 0 Å². The van der Waals surface area contributed by atoms with Gasteiger partial charge in [0.05, 0.1) is 0 Å². The van der Waals surface area contributed by atoms with Crippen molar-refractivity contribution in [3.05, 3.63) is 0 Å². The standard InChI is InChI=1S/C8H13NO3S/c1-13-4-2-3-9-7(10)5-12-6-8(9)11/h2-6H2,1H3. The molecule has 13 heavy (non-hydrogen) atoms. The van der Waals surface area contributed by atoms with Crippen LogP contribution in [0.1, 0.15) is 6.42 Å². The third-order valence-electron chi connectivity index (χ3n) is 1.78. The molecule has 0 N–H and O–H groups in total. The van der Waals surface area contributed by atoms with Gasteiger partial charge in [-0.2, -0.15) is 11.8 Å². The van der Waals surface area contributed by atoms with Crippen LogP contribution in [0.3, 0.4) is 0 Å². The first kappa shape index (κ1) is 10.5. The van der Waals surface area contributed by atoms with Gasteiger partial charge in [0, 0.05) is 6.54 Å². The Bertz CT molecular complexity index is 192. The highest BCUT2D eigenvalue weighted by molar-refractivity contribution is 7.98. The van der Waals surface area contributed by atoms with Gasteiger partial charge in [-0.05, 0) is 18.4 Å². The monoisotopic (exact) mass is 203 g/mol. The molecule has 0 spiro atoms. The first-order valence-corrected chi connectivity index (χ1v) is 5.55. The molecule has 2 amide bonds. The zero-order chi connectivity index (χ0) is 9.68. The third kappa shape index (κ3) is 3.00. The Labute approximate surface area is 81.6 Å². The van der Waals surface area contributed by atoms with Gasteiger partial charge in [-0.1, -0.05) is 0 Å². The fourth-order valence-electron chi connectivity index (χ4n) is 1.14. The van der Waals surface area contributed by atoms with Gasteiger partial charge < -0.3 is 4.74 Å². The first-order chi connectivity index (χ1) is 6.25. The Kier molecular flexibility index (Phi) is 4.24. The fraction of sp³-hybridized carbons (Fsp3) is 0.750. The predicted octanol–water partition coefficient (Wildman–Crippen LogP) is 0.125. The topological polar surface area (TPSA) is 46.6 Å².